The molecule has 0 atom stereocenters. The Morgan fingerprint density at radius 2 is 1.95 bits per heavy atom. The minimum atomic E-state index is -0.196. The highest BCUT2D eigenvalue weighted by atomic mass is 35.5. The minimum absolute atomic E-state index is 0.196. The highest BCUT2D eigenvalue weighted by molar-refractivity contribution is 6.31. The van der Waals surface area contributed by atoms with Gasteiger partial charge in [0.25, 0.3) is 5.91 Å². The number of anilines is 3. The molecule has 4 N–H and O–H groups in total. The average molecular weight is 290 g/mol. The van der Waals surface area contributed by atoms with Crippen LogP contribution in [0.25, 0.3) is 0 Å². The number of carbonyl (C=O) groups excluding carboxylic acids is 1. The number of hydrogen-bond acceptors (Lipinski definition) is 3. The number of nitrogens with two attached hydrogens (primary N) is 1. The van der Waals surface area contributed by atoms with Crippen molar-refractivity contribution >= 4 is 34.6 Å². The van der Waals surface area contributed by atoms with Gasteiger partial charge in [-0.2, -0.15) is 0 Å². The average Bonchev–Trinajstić information content (AvgIpc) is 2.44. The molecule has 0 aromatic heterocycles. The van der Waals surface area contributed by atoms with Crippen LogP contribution in [0, 0.1) is 6.92 Å². The number of hydrogen-bond donors (Lipinski definition) is 3. The first-order valence-corrected chi connectivity index (χ1v) is 6.54. The maximum absolute atomic E-state index is 11.9. The van der Waals surface area contributed by atoms with Crippen molar-refractivity contribution < 1.29 is 4.79 Å². The van der Waals surface area contributed by atoms with E-state index >= 15 is 0 Å². The number of carbonyl (C=O) groups is 1. The molecule has 0 fully saturated rings. The van der Waals surface area contributed by atoms with Gasteiger partial charge in [-0.25, -0.2) is 0 Å². The van der Waals surface area contributed by atoms with Gasteiger partial charge in [0.05, 0.1) is 11.3 Å². The van der Waals surface area contributed by atoms with Crippen LogP contribution in [0.4, 0.5) is 17.1 Å². The molecule has 20 heavy (non-hydrogen) atoms. The van der Waals surface area contributed by atoms with E-state index in [1.54, 1.807) is 25.2 Å². The zero-order chi connectivity index (χ0) is 14.7. The van der Waals surface area contributed by atoms with E-state index in [1.807, 2.05) is 25.1 Å². The predicted octanol–water partition coefficient (Wildman–Crippen LogP) is 3.33. The third kappa shape index (κ3) is 3.03. The Morgan fingerprint density at radius 1 is 1.20 bits per heavy atom. The van der Waals surface area contributed by atoms with Crippen molar-refractivity contribution in [1.82, 2.24) is 5.32 Å². The molecule has 0 bridgehead atoms. The molecule has 0 saturated heterocycles. The van der Waals surface area contributed by atoms with Crippen molar-refractivity contribution in [2.45, 2.75) is 6.92 Å². The molecule has 5 heteroatoms. The Bertz CT molecular complexity index is 656. The first-order chi connectivity index (χ1) is 9.51. The molecule has 0 unspecified atom stereocenters. The fourth-order valence-electron chi connectivity index (χ4n) is 1.82. The molecule has 104 valence electrons. The van der Waals surface area contributed by atoms with E-state index in [9.17, 15) is 4.79 Å². The second-order valence-electron chi connectivity index (χ2n) is 4.47. The lowest BCUT2D eigenvalue weighted by Gasteiger charge is -2.12. The van der Waals surface area contributed by atoms with Crippen LogP contribution in [0.5, 0.6) is 0 Å². The first kappa shape index (κ1) is 14.2. The maximum Gasteiger partial charge on any atom is 0.253 e. The number of amides is 1. The summed E-state index contributed by atoms with van der Waals surface area (Å²) in [5.41, 5.74) is 9.25. The van der Waals surface area contributed by atoms with Crippen molar-refractivity contribution in [1.29, 1.82) is 0 Å². The molecule has 0 aliphatic rings. The molecule has 0 saturated carbocycles. The van der Waals surface area contributed by atoms with E-state index in [1.165, 1.54) is 0 Å². The van der Waals surface area contributed by atoms with Crippen LogP contribution in [-0.2, 0) is 0 Å². The Morgan fingerprint density at radius 3 is 2.60 bits per heavy atom. The molecule has 2 rings (SSSR count). The van der Waals surface area contributed by atoms with Crippen LogP contribution in [0.15, 0.2) is 36.4 Å². The fourth-order valence-corrected chi connectivity index (χ4v) is 2.00. The van der Waals surface area contributed by atoms with Crippen LogP contribution in [0.3, 0.4) is 0 Å². The maximum atomic E-state index is 11.9. The van der Waals surface area contributed by atoms with E-state index in [-0.39, 0.29) is 5.91 Å². The summed E-state index contributed by atoms with van der Waals surface area (Å²) in [7, 11) is 1.58. The summed E-state index contributed by atoms with van der Waals surface area (Å²) in [6.45, 7) is 1.94. The highest BCUT2D eigenvalue weighted by Gasteiger charge is 2.11. The standard InChI is InChI=1S/C15H16ClN3O/c1-9-3-5-11(8-13(9)16)19-14-6-4-10(17)7-12(14)15(20)18-2/h3-8,19H,17H2,1-2H3,(H,18,20). The van der Waals surface area contributed by atoms with Gasteiger partial charge in [-0.05, 0) is 42.8 Å². The van der Waals surface area contributed by atoms with Crippen LogP contribution in [-0.4, -0.2) is 13.0 Å². The van der Waals surface area contributed by atoms with Crippen molar-refractivity contribution in [3.63, 3.8) is 0 Å². The predicted molar refractivity (Wildman–Crippen MR) is 83.7 cm³/mol. The molecule has 4 nitrogen and oxygen atoms in total. The number of rotatable bonds is 3. The number of nitrogen functional groups attached to an aromatic ring is 1. The largest absolute Gasteiger partial charge is 0.399 e. The van der Waals surface area contributed by atoms with Crippen molar-refractivity contribution in [2.24, 2.45) is 0 Å². The molecular formula is C15H16ClN3O. The van der Waals surface area contributed by atoms with Crippen LogP contribution >= 0.6 is 11.6 Å². The zero-order valence-electron chi connectivity index (χ0n) is 11.3. The van der Waals surface area contributed by atoms with E-state index < -0.39 is 0 Å². The van der Waals surface area contributed by atoms with Crippen LogP contribution in [0.1, 0.15) is 15.9 Å². The molecule has 2 aromatic carbocycles. The lowest BCUT2D eigenvalue weighted by atomic mass is 10.1. The van der Waals surface area contributed by atoms with Crippen LogP contribution in [0.2, 0.25) is 5.02 Å². The first-order valence-electron chi connectivity index (χ1n) is 6.16. The van der Waals surface area contributed by atoms with E-state index in [0.717, 1.165) is 11.3 Å². The number of nitrogens with one attached hydrogen (secondary N) is 2. The molecule has 0 aliphatic carbocycles. The van der Waals surface area contributed by atoms with Crippen molar-refractivity contribution in [3.05, 3.63) is 52.5 Å². The fraction of sp³-hybridized carbons (Fsp3) is 0.133. The molecular weight excluding hydrogens is 274 g/mol. The van der Waals surface area contributed by atoms with Gasteiger partial charge in [0.1, 0.15) is 0 Å². The SMILES string of the molecule is CNC(=O)c1cc(N)ccc1Nc1ccc(C)c(Cl)c1. The Hall–Kier alpha value is -2.20. The zero-order valence-corrected chi connectivity index (χ0v) is 12.1. The van der Waals surface area contributed by atoms with Gasteiger partial charge in [-0.3, -0.25) is 4.79 Å². The van der Waals surface area contributed by atoms with E-state index in [4.69, 9.17) is 17.3 Å². The normalized spacial score (nSPS) is 10.2. The summed E-state index contributed by atoms with van der Waals surface area (Å²) in [6.07, 6.45) is 0. The summed E-state index contributed by atoms with van der Waals surface area (Å²) in [5.74, 6) is -0.196. The monoisotopic (exact) mass is 289 g/mol. The number of benzene rings is 2. The minimum Gasteiger partial charge on any atom is -0.399 e. The number of halogens is 1. The second kappa shape index (κ2) is 5.84. The lowest BCUT2D eigenvalue weighted by Crippen LogP contribution is -2.19. The van der Waals surface area contributed by atoms with Crippen molar-refractivity contribution in [2.75, 3.05) is 18.1 Å². The van der Waals surface area contributed by atoms with E-state index in [2.05, 4.69) is 10.6 Å². The van der Waals surface area contributed by atoms with Gasteiger partial charge in [-0.1, -0.05) is 17.7 Å². The molecule has 0 spiro atoms. The Labute approximate surface area is 122 Å². The Balaban J connectivity index is 2.37. The number of aryl methyl sites for hydroxylation is 1. The molecule has 0 radical (unpaired) electrons. The Kier molecular flexibility index (Phi) is 4.15. The summed E-state index contributed by atoms with van der Waals surface area (Å²) >= 11 is 6.10. The van der Waals surface area contributed by atoms with Crippen LogP contribution < -0.4 is 16.4 Å². The van der Waals surface area contributed by atoms with E-state index in [0.29, 0.717) is 22.0 Å². The molecule has 0 aliphatic heterocycles. The molecule has 0 heterocycles. The van der Waals surface area contributed by atoms with Gasteiger partial charge in [0.15, 0.2) is 0 Å². The summed E-state index contributed by atoms with van der Waals surface area (Å²) < 4.78 is 0. The summed E-state index contributed by atoms with van der Waals surface area (Å²) in [4.78, 5) is 11.9. The highest BCUT2D eigenvalue weighted by Crippen LogP contribution is 2.26. The van der Waals surface area contributed by atoms with Gasteiger partial charge in [0.2, 0.25) is 0 Å². The lowest BCUT2D eigenvalue weighted by molar-refractivity contribution is 0.0964. The molecule has 1 amide bonds. The van der Waals surface area contributed by atoms with Crippen molar-refractivity contribution in [3.8, 4) is 0 Å². The van der Waals surface area contributed by atoms with Gasteiger partial charge in [-0.15, -0.1) is 0 Å². The summed E-state index contributed by atoms with van der Waals surface area (Å²) in [6, 6.07) is 10.8. The van der Waals surface area contributed by atoms with Gasteiger partial charge < -0.3 is 16.4 Å². The third-order valence-electron chi connectivity index (χ3n) is 2.97. The quantitative estimate of drug-likeness (QED) is 0.759. The second-order valence-corrected chi connectivity index (χ2v) is 4.88. The third-order valence-corrected chi connectivity index (χ3v) is 3.37. The molecule has 2 aromatic rings. The smallest absolute Gasteiger partial charge is 0.253 e. The van der Waals surface area contributed by atoms with Gasteiger partial charge >= 0.3 is 0 Å². The van der Waals surface area contributed by atoms with Gasteiger partial charge in [0, 0.05) is 23.4 Å². The summed E-state index contributed by atoms with van der Waals surface area (Å²) in [5, 5.41) is 6.45. The topological polar surface area (TPSA) is 67.2 Å².